The molecule has 0 bridgehead atoms. The van der Waals surface area contributed by atoms with Crippen LogP contribution in [0.2, 0.25) is 0 Å². The second-order valence-electron chi connectivity index (χ2n) is 7.14. The maximum absolute atomic E-state index is 12.8. The molecule has 0 amide bonds. The third-order valence-corrected chi connectivity index (χ3v) is 7.83. The molecule has 1 saturated carbocycles. The summed E-state index contributed by atoms with van der Waals surface area (Å²) in [5, 5.41) is 9.37. The van der Waals surface area contributed by atoms with E-state index in [0.29, 0.717) is 10.7 Å². The highest BCUT2D eigenvalue weighted by Gasteiger charge is 2.31. The second kappa shape index (κ2) is 7.81. The van der Waals surface area contributed by atoms with Crippen molar-refractivity contribution >= 4 is 27.6 Å². The number of benzene rings is 1. The number of aromatic nitrogens is 4. The molecule has 1 aliphatic rings. The highest BCUT2D eigenvalue weighted by molar-refractivity contribution is 7.99. The number of thioether (sulfide) groups is 1. The van der Waals surface area contributed by atoms with E-state index in [-0.39, 0.29) is 11.3 Å². The minimum Gasteiger partial charge on any atom is -0.259 e. The van der Waals surface area contributed by atoms with E-state index in [9.17, 15) is 8.42 Å². The quantitative estimate of drug-likeness (QED) is 0.686. The summed E-state index contributed by atoms with van der Waals surface area (Å²) in [4.78, 5) is 4.73. The number of hydrogen-bond acceptors (Lipinski definition) is 6. The van der Waals surface area contributed by atoms with Gasteiger partial charge in [-0.2, -0.15) is 0 Å². The Kier molecular flexibility index (Phi) is 5.39. The largest absolute Gasteiger partial charge is 0.259 e. The van der Waals surface area contributed by atoms with Crippen molar-refractivity contribution in [2.75, 3.05) is 0 Å². The molecule has 3 aromatic rings. The van der Waals surface area contributed by atoms with Crippen molar-refractivity contribution in [2.24, 2.45) is 0 Å². The van der Waals surface area contributed by atoms with Gasteiger partial charge in [0.1, 0.15) is 0 Å². The van der Waals surface area contributed by atoms with Crippen LogP contribution in [0.3, 0.4) is 0 Å². The van der Waals surface area contributed by atoms with Crippen molar-refractivity contribution in [2.45, 2.75) is 60.9 Å². The summed E-state index contributed by atoms with van der Waals surface area (Å²) in [5.74, 6) is 0.581. The minimum absolute atomic E-state index is 0.0975. The first-order valence-corrected chi connectivity index (χ1v) is 11.7. The molecule has 2 atom stereocenters. The van der Waals surface area contributed by atoms with Crippen LogP contribution in [0.4, 0.5) is 0 Å². The van der Waals surface area contributed by atoms with Crippen LogP contribution >= 0.6 is 11.8 Å². The molecule has 0 unspecified atom stereocenters. The van der Waals surface area contributed by atoms with Gasteiger partial charge in [0.25, 0.3) is 5.78 Å². The fraction of sp³-hybridized carbons (Fsp3) is 0.421. The van der Waals surface area contributed by atoms with Gasteiger partial charge in [-0.05, 0) is 44.9 Å². The van der Waals surface area contributed by atoms with Crippen molar-refractivity contribution < 1.29 is 8.42 Å². The molecular weight excluding hydrogens is 394 g/mol. The average molecular weight is 418 g/mol. The van der Waals surface area contributed by atoms with Crippen molar-refractivity contribution in [1.29, 1.82) is 0 Å². The Labute approximate surface area is 169 Å². The third kappa shape index (κ3) is 3.92. The summed E-state index contributed by atoms with van der Waals surface area (Å²) in [6.07, 6.45) is 3.84. The van der Waals surface area contributed by atoms with Crippen molar-refractivity contribution in [3.05, 3.63) is 47.8 Å². The van der Waals surface area contributed by atoms with Gasteiger partial charge >= 0.3 is 0 Å². The number of rotatable bonds is 5. The van der Waals surface area contributed by atoms with Gasteiger partial charge < -0.3 is 0 Å². The van der Waals surface area contributed by atoms with Crippen LogP contribution in [-0.2, 0) is 10.0 Å². The zero-order valence-corrected chi connectivity index (χ0v) is 17.5. The molecule has 1 aromatic carbocycles. The molecule has 0 spiro atoms. The van der Waals surface area contributed by atoms with E-state index in [0.717, 1.165) is 42.2 Å². The first-order valence-electron chi connectivity index (χ1n) is 9.37. The van der Waals surface area contributed by atoms with Gasteiger partial charge in [-0.1, -0.05) is 42.8 Å². The van der Waals surface area contributed by atoms with Crippen LogP contribution < -0.4 is 4.72 Å². The third-order valence-electron chi connectivity index (χ3n) is 4.98. The van der Waals surface area contributed by atoms with Crippen LogP contribution in [0.25, 0.3) is 5.78 Å². The monoisotopic (exact) mass is 417 g/mol. The van der Waals surface area contributed by atoms with E-state index in [2.05, 4.69) is 19.9 Å². The highest BCUT2D eigenvalue weighted by atomic mass is 32.2. The Morgan fingerprint density at radius 2 is 1.86 bits per heavy atom. The van der Waals surface area contributed by atoms with Crippen LogP contribution in [0.5, 0.6) is 0 Å². The van der Waals surface area contributed by atoms with Crippen LogP contribution in [0.1, 0.15) is 37.1 Å². The standard InChI is InChI=1S/C19H23N5O2S2/c1-13-12-14(2)24-18(20-13)21-22-19(24)27-17-11-7-6-10-16(17)23-28(25,26)15-8-4-3-5-9-15/h3-5,8-9,12,16-17,23H,6-7,10-11H2,1-2H3/t16-,17-/m0/s1. The first kappa shape index (κ1) is 19.4. The topological polar surface area (TPSA) is 89.2 Å². The predicted octanol–water partition coefficient (Wildman–Crippen LogP) is 3.12. The fourth-order valence-electron chi connectivity index (χ4n) is 3.65. The summed E-state index contributed by atoms with van der Waals surface area (Å²) in [7, 11) is -3.55. The molecule has 0 aliphatic heterocycles. The molecule has 2 aromatic heterocycles. The zero-order chi connectivity index (χ0) is 19.7. The summed E-state index contributed by atoms with van der Waals surface area (Å²) in [6, 6.07) is 10.4. The van der Waals surface area contributed by atoms with E-state index >= 15 is 0 Å². The van der Waals surface area contributed by atoms with Gasteiger partial charge in [0.2, 0.25) is 10.0 Å². The van der Waals surface area contributed by atoms with Gasteiger partial charge in [-0.25, -0.2) is 18.1 Å². The average Bonchev–Trinajstić information content (AvgIpc) is 3.06. The normalized spacial score (nSPS) is 20.5. The maximum Gasteiger partial charge on any atom is 0.256 e. The van der Waals surface area contributed by atoms with Crippen molar-refractivity contribution in [3.63, 3.8) is 0 Å². The number of aryl methyl sites for hydroxylation is 2. The molecule has 28 heavy (non-hydrogen) atoms. The Hall–Kier alpha value is -1.97. The van der Waals surface area contributed by atoms with Gasteiger partial charge in [0.15, 0.2) is 5.16 Å². The van der Waals surface area contributed by atoms with E-state index < -0.39 is 10.0 Å². The number of sulfonamides is 1. The zero-order valence-electron chi connectivity index (χ0n) is 15.9. The molecule has 9 heteroatoms. The van der Waals surface area contributed by atoms with Crippen LogP contribution in [-0.4, -0.2) is 39.3 Å². The van der Waals surface area contributed by atoms with E-state index in [1.807, 2.05) is 30.4 Å². The Balaban J connectivity index is 1.58. The maximum atomic E-state index is 12.8. The van der Waals surface area contributed by atoms with E-state index in [1.54, 1.807) is 36.0 Å². The number of nitrogens with zero attached hydrogens (tertiary/aromatic N) is 4. The first-order chi connectivity index (χ1) is 13.4. The molecule has 1 aliphatic carbocycles. The molecule has 2 heterocycles. The molecular formula is C19H23N5O2S2. The van der Waals surface area contributed by atoms with Gasteiger partial charge in [0, 0.05) is 22.7 Å². The minimum atomic E-state index is -3.55. The Bertz CT molecular complexity index is 1080. The van der Waals surface area contributed by atoms with Crippen molar-refractivity contribution in [1.82, 2.24) is 24.3 Å². The van der Waals surface area contributed by atoms with Crippen molar-refractivity contribution in [3.8, 4) is 0 Å². The van der Waals surface area contributed by atoms with Gasteiger partial charge in [0.05, 0.1) is 4.90 Å². The summed E-state index contributed by atoms with van der Waals surface area (Å²) >= 11 is 1.59. The predicted molar refractivity (Wildman–Crippen MR) is 109 cm³/mol. The highest BCUT2D eigenvalue weighted by Crippen LogP contribution is 2.34. The molecule has 1 fully saturated rings. The molecule has 0 saturated heterocycles. The molecule has 7 nitrogen and oxygen atoms in total. The lowest BCUT2D eigenvalue weighted by Gasteiger charge is -2.31. The second-order valence-corrected chi connectivity index (χ2v) is 10.1. The number of nitrogens with one attached hydrogen (secondary N) is 1. The summed E-state index contributed by atoms with van der Waals surface area (Å²) in [5.41, 5.74) is 1.92. The SMILES string of the molecule is Cc1cc(C)n2c(S[C@H]3CCCC[C@@H]3NS(=O)(=O)c3ccccc3)nnc2n1. The molecule has 1 N–H and O–H groups in total. The fourth-order valence-corrected chi connectivity index (χ4v) is 6.41. The van der Waals surface area contributed by atoms with Gasteiger partial charge in [-0.15, -0.1) is 10.2 Å². The molecule has 4 rings (SSSR count). The Morgan fingerprint density at radius 1 is 1.11 bits per heavy atom. The Morgan fingerprint density at radius 3 is 2.64 bits per heavy atom. The summed E-state index contributed by atoms with van der Waals surface area (Å²) in [6.45, 7) is 3.94. The lowest BCUT2D eigenvalue weighted by molar-refractivity contribution is 0.422. The molecule has 148 valence electrons. The summed E-state index contributed by atoms with van der Waals surface area (Å²) < 4.78 is 30.4. The number of fused-ring (bicyclic) bond motifs is 1. The number of hydrogen-bond donors (Lipinski definition) is 1. The molecule has 0 radical (unpaired) electrons. The van der Waals surface area contributed by atoms with E-state index in [1.165, 1.54) is 0 Å². The lowest BCUT2D eigenvalue weighted by atomic mass is 9.96. The van der Waals surface area contributed by atoms with E-state index in [4.69, 9.17) is 0 Å². The van der Waals surface area contributed by atoms with Crippen LogP contribution in [0, 0.1) is 13.8 Å². The smallest absolute Gasteiger partial charge is 0.256 e. The lowest BCUT2D eigenvalue weighted by Crippen LogP contribution is -2.43. The van der Waals surface area contributed by atoms with Gasteiger partial charge in [-0.3, -0.25) is 4.40 Å². The van der Waals surface area contributed by atoms with Crippen LogP contribution in [0.15, 0.2) is 46.5 Å².